The van der Waals surface area contributed by atoms with Gasteiger partial charge < -0.3 is 5.32 Å². The normalized spacial score (nSPS) is 10.6. The van der Waals surface area contributed by atoms with E-state index < -0.39 is 5.91 Å². The van der Waals surface area contributed by atoms with Crippen LogP contribution in [-0.2, 0) is 0 Å². The summed E-state index contributed by atoms with van der Waals surface area (Å²) in [6.45, 7) is 0. The van der Waals surface area contributed by atoms with Gasteiger partial charge in [-0.25, -0.2) is 4.98 Å². The van der Waals surface area contributed by atoms with Gasteiger partial charge in [-0.05, 0) is 23.4 Å². The lowest BCUT2D eigenvalue weighted by atomic mass is 10.3. The van der Waals surface area contributed by atoms with Crippen LogP contribution < -0.4 is 5.32 Å². The quantitative estimate of drug-likeness (QED) is 0.704. The van der Waals surface area contributed by atoms with Gasteiger partial charge in [0.15, 0.2) is 0 Å². The molecular weight excluding hydrogens is 240 g/mol. The molecule has 0 saturated heterocycles. The molecule has 0 bridgehead atoms. The van der Waals surface area contributed by atoms with Crippen molar-refractivity contribution in [1.82, 2.24) is 25.6 Å². The number of aromatic nitrogens is 5. The predicted molar refractivity (Wildman–Crippen MR) is 61.8 cm³/mol. The number of H-pyrrole nitrogens is 1. The molecule has 7 nitrogen and oxygen atoms in total. The number of thiazole rings is 1. The molecule has 17 heavy (non-hydrogen) atoms. The number of carbonyl (C=O) groups is 1. The molecule has 2 aromatic heterocycles. The molecule has 2 N–H and O–H groups in total. The molecule has 84 valence electrons. The van der Waals surface area contributed by atoms with Gasteiger partial charge in [0, 0.05) is 5.69 Å². The van der Waals surface area contributed by atoms with Gasteiger partial charge in [0.1, 0.15) is 0 Å². The highest BCUT2D eigenvalue weighted by Gasteiger charge is 2.11. The third-order valence-electron chi connectivity index (χ3n) is 2.14. The number of tetrazole rings is 1. The van der Waals surface area contributed by atoms with E-state index in [0.29, 0.717) is 5.69 Å². The zero-order valence-electron chi connectivity index (χ0n) is 8.41. The van der Waals surface area contributed by atoms with Crippen LogP contribution in [0.4, 0.5) is 5.69 Å². The second kappa shape index (κ2) is 3.91. The Hall–Kier alpha value is -2.35. The first-order valence-corrected chi connectivity index (χ1v) is 5.59. The Morgan fingerprint density at radius 1 is 1.41 bits per heavy atom. The van der Waals surface area contributed by atoms with Crippen LogP contribution in [0.5, 0.6) is 0 Å². The minimum Gasteiger partial charge on any atom is -0.319 e. The van der Waals surface area contributed by atoms with Crippen molar-refractivity contribution in [3.63, 3.8) is 0 Å². The number of anilines is 1. The smallest absolute Gasteiger partial charge is 0.297 e. The SMILES string of the molecule is O=C(Nc1ccc2ncsc2c1)c1nn[nH]n1. The van der Waals surface area contributed by atoms with Crippen LogP contribution in [0.25, 0.3) is 10.2 Å². The van der Waals surface area contributed by atoms with Gasteiger partial charge in [-0.2, -0.15) is 5.21 Å². The molecule has 0 aliphatic rings. The number of aromatic amines is 1. The Morgan fingerprint density at radius 2 is 2.35 bits per heavy atom. The summed E-state index contributed by atoms with van der Waals surface area (Å²) in [5.41, 5.74) is 3.35. The first-order chi connectivity index (χ1) is 8.33. The van der Waals surface area contributed by atoms with Gasteiger partial charge in [0.25, 0.3) is 11.7 Å². The van der Waals surface area contributed by atoms with Crippen molar-refractivity contribution in [3.8, 4) is 0 Å². The first-order valence-electron chi connectivity index (χ1n) is 4.71. The summed E-state index contributed by atoms with van der Waals surface area (Å²) in [5, 5.41) is 15.4. The van der Waals surface area contributed by atoms with Crippen molar-refractivity contribution in [2.45, 2.75) is 0 Å². The molecule has 0 fully saturated rings. The van der Waals surface area contributed by atoms with Crippen molar-refractivity contribution in [2.24, 2.45) is 0 Å². The first kappa shape index (κ1) is 9.85. The van der Waals surface area contributed by atoms with Crippen molar-refractivity contribution in [3.05, 3.63) is 29.5 Å². The second-order valence-electron chi connectivity index (χ2n) is 3.22. The third kappa shape index (κ3) is 1.85. The highest BCUT2D eigenvalue weighted by Crippen LogP contribution is 2.21. The third-order valence-corrected chi connectivity index (χ3v) is 2.93. The van der Waals surface area contributed by atoms with Crippen molar-refractivity contribution < 1.29 is 4.79 Å². The van der Waals surface area contributed by atoms with E-state index in [1.165, 1.54) is 11.3 Å². The van der Waals surface area contributed by atoms with Crippen LogP contribution in [0, 0.1) is 0 Å². The maximum Gasteiger partial charge on any atom is 0.297 e. The Labute approximate surface area is 98.9 Å². The Morgan fingerprint density at radius 3 is 3.18 bits per heavy atom. The largest absolute Gasteiger partial charge is 0.319 e. The zero-order valence-corrected chi connectivity index (χ0v) is 9.23. The molecule has 1 aromatic carbocycles. The number of benzene rings is 1. The highest BCUT2D eigenvalue weighted by molar-refractivity contribution is 7.16. The van der Waals surface area contributed by atoms with Crippen molar-refractivity contribution in [1.29, 1.82) is 0 Å². The average molecular weight is 246 g/mol. The molecule has 0 atom stereocenters. The molecule has 0 aliphatic heterocycles. The summed E-state index contributed by atoms with van der Waals surface area (Å²) in [7, 11) is 0. The van der Waals surface area contributed by atoms with Crippen LogP contribution in [0.15, 0.2) is 23.7 Å². The lowest BCUT2D eigenvalue weighted by molar-refractivity contribution is 0.101. The number of nitrogens with zero attached hydrogens (tertiary/aromatic N) is 4. The van der Waals surface area contributed by atoms with Gasteiger partial charge in [-0.1, -0.05) is 0 Å². The molecule has 0 spiro atoms. The van der Waals surface area contributed by atoms with Crippen molar-refractivity contribution in [2.75, 3.05) is 5.32 Å². The topological polar surface area (TPSA) is 96.5 Å². The molecular formula is C9H6N6OS. The molecule has 0 aliphatic carbocycles. The number of amides is 1. The molecule has 0 saturated carbocycles. The lowest BCUT2D eigenvalue weighted by Gasteiger charge is -2.01. The van der Waals surface area contributed by atoms with E-state index in [-0.39, 0.29) is 5.82 Å². The minimum atomic E-state index is -0.400. The standard InChI is InChI=1S/C9H6N6OS/c16-9(8-12-14-15-13-8)11-5-1-2-6-7(3-5)17-4-10-6/h1-4H,(H,11,16)(H,12,13,14,15). The van der Waals surface area contributed by atoms with Crippen molar-refractivity contribution >= 4 is 33.1 Å². The molecule has 1 amide bonds. The summed E-state index contributed by atoms with van der Waals surface area (Å²) in [4.78, 5) is 15.8. The molecule has 3 rings (SSSR count). The van der Waals surface area contributed by atoms with Crippen LogP contribution in [0.1, 0.15) is 10.6 Å². The zero-order chi connectivity index (χ0) is 11.7. The van der Waals surface area contributed by atoms with E-state index in [9.17, 15) is 4.79 Å². The van der Waals surface area contributed by atoms with E-state index in [2.05, 4.69) is 30.9 Å². The second-order valence-corrected chi connectivity index (χ2v) is 4.11. The van der Waals surface area contributed by atoms with Gasteiger partial charge >= 0.3 is 0 Å². The van der Waals surface area contributed by atoms with Crippen LogP contribution in [-0.4, -0.2) is 31.5 Å². The van der Waals surface area contributed by atoms with Crippen LogP contribution in [0.3, 0.4) is 0 Å². The van der Waals surface area contributed by atoms with Gasteiger partial charge in [0.05, 0.1) is 15.7 Å². The average Bonchev–Trinajstić information content (AvgIpc) is 2.99. The van der Waals surface area contributed by atoms with Gasteiger partial charge in [-0.15, -0.1) is 21.5 Å². The molecule has 2 heterocycles. The Bertz CT molecular complexity index is 661. The van der Waals surface area contributed by atoms with Crippen LogP contribution >= 0.6 is 11.3 Å². The van der Waals surface area contributed by atoms with Gasteiger partial charge in [0.2, 0.25) is 0 Å². The number of carbonyl (C=O) groups excluding carboxylic acids is 1. The van der Waals surface area contributed by atoms with E-state index in [1.807, 2.05) is 12.1 Å². The monoisotopic (exact) mass is 246 g/mol. The maximum absolute atomic E-state index is 11.6. The summed E-state index contributed by atoms with van der Waals surface area (Å²) in [6, 6.07) is 5.47. The number of hydrogen-bond donors (Lipinski definition) is 2. The van der Waals surface area contributed by atoms with Gasteiger partial charge in [-0.3, -0.25) is 4.79 Å². The molecule has 8 heteroatoms. The van der Waals surface area contributed by atoms with E-state index in [4.69, 9.17) is 0 Å². The summed E-state index contributed by atoms with van der Waals surface area (Å²) in [6.07, 6.45) is 0. The summed E-state index contributed by atoms with van der Waals surface area (Å²) < 4.78 is 1.01. The maximum atomic E-state index is 11.6. The van der Waals surface area contributed by atoms with E-state index >= 15 is 0 Å². The lowest BCUT2D eigenvalue weighted by Crippen LogP contribution is -2.13. The number of rotatable bonds is 2. The van der Waals surface area contributed by atoms with E-state index in [0.717, 1.165) is 10.2 Å². The Balaban J connectivity index is 1.87. The minimum absolute atomic E-state index is 0.00871. The fourth-order valence-corrected chi connectivity index (χ4v) is 2.09. The molecule has 3 aromatic rings. The summed E-state index contributed by atoms with van der Waals surface area (Å²) >= 11 is 1.51. The van der Waals surface area contributed by atoms with E-state index in [1.54, 1.807) is 11.6 Å². The fraction of sp³-hybridized carbons (Fsp3) is 0. The molecule has 0 radical (unpaired) electrons. The Kier molecular flexibility index (Phi) is 2.26. The number of nitrogens with one attached hydrogen (secondary N) is 2. The number of fused-ring (bicyclic) bond motifs is 1. The molecule has 0 unspecified atom stereocenters. The van der Waals surface area contributed by atoms with Crippen LogP contribution in [0.2, 0.25) is 0 Å². The number of hydrogen-bond acceptors (Lipinski definition) is 6. The summed E-state index contributed by atoms with van der Waals surface area (Å²) in [5.74, 6) is -0.392. The highest BCUT2D eigenvalue weighted by atomic mass is 32.1. The fourth-order valence-electron chi connectivity index (χ4n) is 1.38. The predicted octanol–water partition coefficient (Wildman–Crippen LogP) is 1.06.